The van der Waals surface area contributed by atoms with E-state index in [4.69, 9.17) is 9.47 Å². The molecule has 2 heterocycles. The number of anilines is 1. The molecule has 4 rings (SSSR count). The molecule has 32 heavy (non-hydrogen) atoms. The summed E-state index contributed by atoms with van der Waals surface area (Å²) in [6.45, 7) is 3.96. The maximum absolute atomic E-state index is 14.8. The topological polar surface area (TPSA) is 88.9 Å². The molecule has 1 aromatic heterocycles. The standard InChI is InChI=1S/C23H25FN4O4/c1-13-9-14(2)28(26-13)18-6-5-15(10-17(18)24)25-23(30)27-11-16-20(31-3)7-8-21(32-4)22(16)19(29)12-27/h5-10,19,29H,11-12H2,1-4H3,(H,25,30)/t19-/m1/s1. The van der Waals surface area contributed by atoms with E-state index in [-0.39, 0.29) is 13.1 Å². The zero-order chi connectivity index (χ0) is 23.0. The van der Waals surface area contributed by atoms with Gasteiger partial charge in [0, 0.05) is 22.5 Å². The number of rotatable bonds is 4. The van der Waals surface area contributed by atoms with Gasteiger partial charge >= 0.3 is 6.03 Å². The van der Waals surface area contributed by atoms with Crippen LogP contribution in [-0.4, -0.2) is 46.6 Å². The second kappa shape index (κ2) is 8.51. The predicted octanol–water partition coefficient (Wildman–Crippen LogP) is 3.73. The Morgan fingerprint density at radius 3 is 2.50 bits per heavy atom. The van der Waals surface area contributed by atoms with Gasteiger partial charge < -0.3 is 24.8 Å². The van der Waals surface area contributed by atoms with E-state index >= 15 is 0 Å². The Labute approximate surface area is 185 Å². The first-order valence-corrected chi connectivity index (χ1v) is 10.1. The number of aliphatic hydroxyl groups excluding tert-OH is 1. The molecule has 9 heteroatoms. The number of carbonyl (C=O) groups excluding carboxylic acids is 1. The molecule has 1 aliphatic heterocycles. The minimum absolute atomic E-state index is 0.0642. The van der Waals surface area contributed by atoms with Crippen molar-refractivity contribution in [2.24, 2.45) is 0 Å². The van der Waals surface area contributed by atoms with Crippen molar-refractivity contribution in [3.05, 3.63) is 64.7 Å². The van der Waals surface area contributed by atoms with Crippen molar-refractivity contribution >= 4 is 11.7 Å². The van der Waals surface area contributed by atoms with Gasteiger partial charge in [0.15, 0.2) is 5.82 Å². The van der Waals surface area contributed by atoms with E-state index in [1.807, 2.05) is 19.9 Å². The summed E-state index contributed by atoms with van der Waals surface area (Å²) in [4.78, 5) is 14.3. The number of nitrogens with zero attached hydrogens (tertiary/aromatic N) is 3. The molecule has 2 N–H and O–H groups in total. The number of hydrogen-bond donors (Lipinski definition) is 2. The Balaban J connectivity index is 1.55. The molecule has 2 amide bonds. The molecule has 0 fully saturated rings. The van der Waals surface area contributed by atoms with Crippen molar-refractivity contribution in [2.75, 3.05) is 26.1 Å². The number of carbonyl (C=O) groups is 1. The lowest BCUT2D eigenvalue weighted by Crippen LogP contribution is -2.41. The van der Waals surface area contributed by atoms with Gasteiger partial charge in [-0.15, -0.1) is 0 Å². The minimum atomic E-state index is -0.945. The molecule has 0 aliphatic carbocycles. The number of urea groups is 1. The first-order chi connectivity index (χ1) is 15.3. The zero-order valence-corrected chi connectivity index (χ0v) is 18.3. The molecule has 0 saturated carbocycles. The molecule has 0 unspecified atom stereocenters. The summed E-state index contributed by atoms with van der Waals surface area (Å²) in [5, 5.41) is 17.7. The van der Waals surface area contributed by atoms with Gasteiger partial charge in [0.25, 0.3) is 0 Å². The molecule has 0 radical (unpaired) electrons. The normalized spacial score (nSPS) is 15.3. The number of aromatic nitrogens is 2. The average Bonchev–Trinajstić information content (AvgIpc) is 3.10. The van der Waals surface area contributed by atoms with Crippen LogP contribution in [0.1, 0.15) is 28.6 Å². The van der Waals surface area contributed by atoms with E-state index < -0.39 is 18.0 Å². The Bertz CT molecular complexity index is 1180. The fourth-order valence-electron chi connectivity index (χ4n) is 4.06. The number of nitrogens with one attached hydrogen (secondary N) is 1. The number of fused-ring (bicyclic) bond motifs is 1. The molecule has 3 aromatic rings. The molecule has 2 aromatic carbocycles. The fourth-order valence-corrected chi connectivity index (χ4v) is 4.06. The van der Waals surface area contributed by atoms with Gasteiger partial charge in [0.2, 0.25) is 0 Å². The first kappa shape index (κ1) is 21.6. The van der Waals surface area contributed by atoms with Gasteiger partial charge in [-0.1, -0.05) is 0 Å². The zero-order valence-electron chi connectivity index (χ0n) is 18.3. The molecular formula is C23H25FN4O4. The van der Waals surface area contributed by atoms with Crippen molar-refractivity contribution < 1.29 is 23.8 Å². The molecule has 168 valence electrons. The van der Waals surface area contributed by atoms with Crippen LogP contribution in [0.2, 0.25) is 0 Å². The van der Waals surface area contributed by atoms with Crippen LogP contribution in [0.4, 0.5) is 14.9 Å². The van der Waals surface area contributed by atoms with Crippen molar-refractivity contribution in [1.29, 1.82) is 0 Å². The fraction of sp³-hybridized carbons (Fsp3) is 0.304. The number of methoxy groups -OCH3 is 2. The van der Waals surface area contributed by atoms with E-state index in [9.17, 15) is 14.3 Å². The summed E-state index contributed by atoms with van der Waals surface area (Å²) >= 11 is 0. The van der Waals surface area contributed by atoms with Gasteiger partial charge in [0.05, 0.1) is 33.0 Å². The number of aryl methyl sites for hydroxylation is 2. The second-order valence-corrected chi connectivity index (χ2v) is 7.69. The van der Waals surface area contributed by atoms with Gasteiger partial charge in [-0.25, -0.2) is 13.9 Å². The molecule has 0 saturated heterocycles. The maximum atomic E-state index is 14.8. The lowest BCUT2D eigenvalue weighted by atomic mass is 9.95. The number of ether oxygens (including phenoxy) is 2. The summed E-state index contributed by atoms with van der Waals surface area (Å²) in [6.07, 6.45) is -0.945. The van der Waals surface area contributed by atoms with Crippen LogP contribution in [0.3, 0.4) is 0 Å². The van der Waals surface area contributed by atoms with Crippen molar-refractivity contribution in [3.8, 4) is 17.2 Å². The minimum Gasteiger partial charge on any atom is -0.496 e. The Kier molecular flexibility index (Phi) is 5.75. The second-order valence-electron chi connectivity index (χ2n) is 7.69. The van der Waals surface area contributed by atoms with Crippen LogP contribution in [-0.2, 0) is 6.54 Å². The Morgan fingerprint density at radius 2 is 1.88 bits per heavy atom. The number of β-amino-alcohol motifs (C(OH)–C–C–N with tert-alkyl or cyclic N) is 1. The molecule has 0 spiro atoms. The van der Waals surface area contributed by atoms with E-state index in [0.717, 1.165) is 11.4 Å². The van der Waals surface area contributed by atoms with Gasteiger partial charge in [-0.3, -0.25) is 0 Å². The van der Waals surface area contributed by atoms with E-state index in [0.29, 0.717) is 34.0 Å². The molecule has 1 atom stereocenters. The highest BCUT2D eigenvalue weighted by Gasteiger charge is 2.32. The summed E-state index contributed by atoms with van der Waals surface area (Å²) in [6, 6.07) is 9.30. The average molecular weight is 440 g/mol. The van der Waals surface area contributed by atoms with Crippen LogP contribution in [0.5, 0.6) is 11.5 Å². The first-order valence-electron chi connectivity index (χ1n) is 10.1. The van der Waals surface area contributed by atoms with Crippen molar-refractivity contribution in [1.82, 2.24) is 14.7 Å². The largest absolute Gasteiger partial charge is 0.496 e. The lowest BCUT2D eigenvalue weighted by molar-refractivity contribution is 0.105. The third-order valence-corrected chi connectivity index (χ3v) is 5.51. The van der Waals surface area contributed by atoms with Crippen LogP contribution in [0.25, 0.3) is 5.69 Å². The van der Waals surface area contributed by atoms with Crippen molar-refractivity contribution in [2.45, 2.75) is 26.5 Å². The smallest absolute Gasteiger partial charge is 0.322 e. The Hall–Kier alpha value is -3.59. The highest BCUT2D eigenvalue weighted by atomic mass is 19.1. The highest BCUT2D eigenvalue weighted by Crippen LogP contribution is 2.39. The summed E-state index contributed by atoms with van der Waals surface area (Å²) in [5.74, 6) is 0.581. The lowest BCUT2D eigenvalue weighted by Gasteiger charge is -2.34. The van der Waals surface area contributed by atoms with Gasteiger partial charge in [0.1, 0.15) is 23.3 Å². The Morgan fingerprint density at radius 1 is 1.16 bits per heavy atom. The number of aliphatic hydroxyl groups is 1. The third kappa shape index (κ3) is 3.87. The maximum Gasteiger partial charge on any atom is 0.322 e. The molecule has 0 bridgehead atoms. The number of hydrogen-bond acceptors (Lipinski definition) is 5. The summed E-state index contributed by atoms with van der Waals surface area (Å²) in [7, 11) is 3.05. The van der Waals surface area contributed by atoms with Crippen LogP contribution in [0.15, 0.2) is 36.4 Å². The quantitative estimate of drug-likeness (QED) is 0.646. The third-order valence-electron chi connectivity index (χ3n) is 5.51. The predicted molar refractivity (Wildman–Crippen MR) is 117 cm³/mol. The monoisotopic (exact) mass is 440 g/mol. The summed E-state index contributed by atoms with van der Waals surface area (Å²) < 4.78 is 27.1. The summed E-state index contributed by atoms with van der Waals surface area (Å²) in [5.41, 5.74) is 3.48. The molecule has 1 aliphatic rings. The van der Waals surface area contributed by atoms with E-state index in [1.165, 1.54) is 29.9 Å². The van der Waals surface area contributed by atoms with Gasteiger partial charge in [-0.2, -0.15) is 5.10 Å². The molecular weight excluding hydrogens is 415 g/mol. The number of halogens is 1. The molecule has 8 nitrogen and oxygen atoms in total. The van der Waals surface area contributed by atoms with Crippen LogP contribution < -0.4 is 14.8 Å². The van der Waals surface area contributed by atoms with Crippen LogP contribution in [0, 0.1) is 19.7 Å². The SMILES string of the molecule is COc1ccc(OC)c2c1CN(C(=O)Nc1ccc(-n3nc(C)cc3C)c(F)c1)C[C@H]2O. The van der Waals surface area contributed by atoms with E-state index in [2.05, 4.69) is 10.4 Å². The van der Waals surface area contributed by atoms with Crippen molar-refractivity contribution in [3.63, 3.8) is 0 Å². The van der Waals surface area contributed by atoms with E-state index in [1.54, 1.807) is 24.3 Å². The number of amides is 2. The van der Waals surface area contributed by atoms with Gasteiger partial charge in [-0.05, 0) is 50.2 Å². The highest BCUT2D eigenvalue weighted by molar-refractivity contribution is 5.89. The number of benzene rings is 2. The van der Waals surface area contributed by atoms with Crippen LogP contribution >= 0.6 is 0 Å².